The Morgan fingerprint density at radius 1 is 1.37 bits per heavy atom. The van der Waals surface area contributed by atoms with E-state index in [2.05, 4.69) is 10.3 Å². The predicted octanol–water partition coefficient (Wildman–Crippen LogP) is 0.808. The predicted molar refractivity (Wildman–Crippen MR) is 62.3 cm³/mol. The summed E-state index contributed by atoms with van der Waals surface area (Å²) in [7, 11) is 0. The fourth-order valence-corrected chi connectivity index (χ4v) is 1.85. The molecule has 19 heavy (non-hydrogen) atoms. The van der Waals surface area contributed by atoms with Gasteiger partial charge in [0, 0.05) is 18.7 Å². The number of non-ortho nitro benzene ring substituents is 1. The van der Waals surface area contributed by atoms with Crippen molar-refractivity contribution < 1.29 is 14.8 Å². The minimum absolute atomic E-state index is 0.0345. The lowest BCUT2D eigenvalue weighted by atomic mass is 10.2. The van der Waals surface area contributed by atoms with Crippen molar-refractivity contribution in [2.45, 2.75) is 18.9 Å². The van der Waals surface area contributed by atoms with Gasteiger partial charge >= 0.3 is 0 Å². The number of hydrogen-bond acceptors (Lipinski definition) is 6. The highest BCUT2D eigenvalue weighted by molar-refractivity contribution is 5.71. The molecule has 8 nitrogen and oxygen atoms in total. The van der Waals surface area contributed by atoms with Crippen molar-refractivity contribution in [2.75, 3.05) is 6.54 Å². The molecule has 1 aliphatic heterocycles. The lowest BCUT2D eigenvalue weighted by Gasteiger charge is -2.20. The lowest BCUT2D eigenvalue weighted by molar-refractivity contribution is -0.384. The largest absolute Gasteiger partial charge is 0.548 e. The van der Waals surface area contributed by atoms with E-state index in [4.69, 9.17) is 0 Å². The zero-order chi connectivity index (χ0) is 13.8. The van der Waals surface area contributed by atoms with Crippen LogP contribution < -0.4 is 5.11 Å². The number of benzene rings is 1. The van der Waals surface area contributed by atoms with Crippen LogP contribution >= 0.6 is 0 Å². The van der Waals surface area contributed by atoms with Crippen molar-refractivity contribution in [1.82, 2.24) is 5.01 Å². The number of aliphatic carboxylic acids is 1. The number of nitrogens with zero attached hydrogens (tertiary/aromatic N) is 4. The van der Waals surface area contributed by atoms with Crippen molar-refractivity contribution in [2.24, 2.45) is 10.3 Å². The number of carbonyl (C=O) groups excluding carboxylic acids is 1. The summed E-state index contributed by atoms with van der Waals surface area (Å²) < 4.78 is 0. The molecule has 0 aromatic heterocycles. The Kier molecular flexibility index (Phi) is 3.69. The van der Waals surface area contributed by atoms with Crippen LogP contribution in [0.5, 0.6) is 0 Å². The maximum atomic E-state index is 10.8. The Bertz CT molecular complexity index is 514. The normalized spacial score (nSPS) is 18.9. The Morgan fingerprint density at radius 2 is 2.05 bits per heavy atom. The number of rotatable bonds is 4. The molecule has 0 N–H and O–H groups in total. The molecule has 1 aliphatic rings. The van der Waals surface area contributed by atoms with Gasteiger partial charge in [0.15, 0.2) is 0 Å². The van der Waals surface area contributed by atoms with Gasteiger partial charge in [-0.2, -0.15) is 0 Å². The average molecular weight is 263 g/mol. The molecule has 1 fully saturated rings. The molecule has 8 heteroatoms. The monoisotopic (exact) mass is 263 g/mol. The molecule has 0 spiro atoms. The molecule has 1 saturated heterocycles. The highest BCUT2D eigenvalue weighted by Gasteiger charge is 2.24. The fraction of sp³-hybridized carbons (Fsp3) is 0.364. The highest BCUT2D eigenvalue weighted by Crippen LogP contribution is 2.21. The van der Waals surface area contributed by atoms with Gasteiger partial charge in [-0.25, -0.2) is 0 Å². The van der Waals surface area contributed by atoms with E-state index in [-0.39, 0.29) is 5.69 Å². The Labute approximate surface area is 108 Å². The number of carboxylic acid groups (broad SMARTS) is 1. The third kappa shape index (κ3) is 3.03. The summed E-state index contributed by atoms with van der Waals surface area (Å²) >= 11 is 0. The summed E-state index contributed by atoms with van der Waals surface area (Å²) in [5, 5.41) is 30.3. The van der Waals surface area contributed by atoms with Crippen LogP contribution in [0.3, 0.4) is 0 Å². The quantitative estimate of drug-likeness (QED) is 0.453. The molecule has 2 rings (SSSR count). The number of carboxylic acids is 1. The van der Waals surface area contributed by atoms with Crippen LogP contribution in [-0.2, 0) is 4.79 Å². The molecule has 0 amide bonds. The molecule has 100 valence electrons. The average Bonchev–Trinajstić information content (AvgIpc) is 2.85. The molecule has 1 aromatic rings. The SMILES string of the molecule is O=C([O-])C1CCCN1N=Nc1ccc([N+](=O)[O-])cc1. The van der Waals surface area contributed by atoms with Gasteiger partial charge in [-0.3, -0.25) is 15.1 Å². The van der Waals surface area contributed by atoms with Gasteiger partial charge in [-0.15, -0.1) is 5.11 Å². The summed E-state index contributed by atoms with van der Waals surface area (Å²) in [6.45, 7) is 0.509. The Balaban J connectivity index is 2.06. The summed E-state index contributed by atoms with van der Waals surface area (Å²) in [4.78, 5) is 20.8. The van der Waals surface area contributed by atoms with Gasteiger partial charge in [0.25, 0.3) is 5.69 Å². The van der Waals surface area contributed by atoms with Crippen molar-refractivity contribution in [3.63, 3.8) is 0 Å². The number of nitro groups is 1. The Morgan fingerprint density at radius 3 is 2.63 bits per heavy atom. The van der Waals surface area contributed by atoms with Crippen molar-refractivity contribution >= 4 is 17.3 Å². The Hall–Kier alpha value is -2.51. The van der Waals surface area contributed by atoms with Crippen LogP contribution in [-0.4, -0.2) is 28.5 Å². The highest BCUT2D eigenvalue weighted by atomic mass is 16.6. The molecule has 0 saturated carbocycles. The lowest BCUT2D eigenvalue weighted by Crippen LogP contribution is -2.41. The molecule has 0 bridgehead atoms. The van der Waals surface area contributed by atoms with Gasteiger partial charge < -0.3 is 9.90 Å². The molecular weight excluding hydrogens is 252 g/mol. The fourth-order valence-electron chi connectivity index (χ4n) is 1.85. The van der Waals surface area contributed by atoms with Gasteiger partial charge in [0.2, 0.25) is 0 Å². The number of hydrogen-bond donors (Lipinski definition) is 0. The van der Waals surface area contributed by atoms with E-state index < -0.39 is 16.9 Å². The first-order valence-electron chi connectivity index (χ1n) is 5.71. The molecule has 1 atom stereocenters. The van der Waals surface area contributed by atoms with Gasteiger partial charge in [0.1, 0.15) is 0 Å². The van der Waals surface area contributed by atoms with E-state index in [1.807, 2.05) is 0 Å². The van der Waals surface area contributed by atoms with Crippen LogP contribution in [0.1, 0.15) is 12.8 Å². The van der Waals surface area contributed by atoms with Gasteiger partial charge in [0.05, 0.1) is 22.6 Å². The van der Waals surface area contributed by atoms with E-state index in [1.165, 1.54) is 29.3 Å². The van der Waals surface area contributed by atoms with Crippen LogP contribution in [0, 0.1) is 10.1 Å². The first-order chi connectivity index (χ1) is 9.08. The third-order valence-electron chi connectivity index (χ3n) is 2.83. The first-order valence-corrected chi connectivity index (χ1v) is 5.71. The minimum atomic E-state index is -1.17. The molecular formula is C11H11N4O4-. The van der Waals surface area contributed by atoms with Crippen LogP contribution in [0.2, 0.25) is 0 Å². The van der Waals surface area contributed by atoms with E-state index >= 15 is 0 Å². The molecule has 1 heterocycles. The van der Waals surface area contributed by atoms with Crippen LogP contribution in [0.15, 0.2) is 34.6 Å². The van der Waals surface area contributed by atoms with Crippen LogP contribution in [0.25, 0.3) is 0 Å². The first kappa shape index (κ1) is 12.9. The molecule has 0 radical (unpaired) electrons. The van der Waals surface area contributed by atoms with Crippen LogP contribution in [0.4, 0.5) is 11.4 Å². The maximum Gasteiger partial charge on any atom is 0.269 e. The smallest absolute Gasteiger partial charge is 0.269 e. The standard InChI is InChI=1S/C11H12N4O4/c16-11(17)10-2-1-7-14(10)13-12-8-3-5-9(6-4-8)15(18)19/h3-6,10H,1-2,7H2,(H,16,17)/p-1. The summed E-state index contributed by atoms with van der Waals surface area (Å²) in [6.07, 6.45) is 1.21. The second-order valence-corrected chi connectivity index (χ2v) is 4.10. The second-order valence-electron chi connectivity index (χ2n) is 4.10. The van der Waals surface area contributed by atoms with Gasteiger partial charge in [-0.1, -0.05) is 5.22 Å². The number of carbonyl (C=O) groups is 1. The van der Waals surface area contributed by atoms with Crippen molar-refractivity contribution in [3.05, 3.63) is 34.4 Å². The second kappa shape index (κ2) is 5.42. The zero-order valence-corrected chi connectivity index (χ0v) is 9.93. The minimum Gasteiger partial charge on any atom is -0.548 e. The number of nitro benzene ring substituents is 1. The van der Waals surface area contributed by atoms with Crippen molar-refractivity contribution in [1.29, 1.82) is 0 Å². The zero-order valence-electron chi connectivity index (χ0n) is 9.93. The summed E-state index contributed by atoms with van der Waals surface area (Å²) in [5.41, 5.74) is 0.391. The molecule has 0 aliphatic carbocycles. The third-order valence-corrected chi connectivity index (χ3v) is 2.83. The summed E-state index contributed by atoms with van der Waals surface area (Å²) in [5.74, 6) is -1.17. The maximum absolute atomic E-state index is 10.8. The summed E-state index contributed by atoms with van der Waals surface area (Å²) in [6, 6.07) is 4.78. The molecule has 1 aromatic carbocycles. The molecule has 1 unspecified atom stereocenters. The van der Waals surface area contributed by atoms with Gasteiger partial charge in [-0.05, 0) is 25.0 Å². The van der Waals surface area contributed by atoms with E-state index in [0.29, 0.717) is 18.7 Å². The van der Waals surface area contributed by atoms with E-state index in [9.17, 15) is 20.0 Å². The topological polar surface area (TPSA) is 111 Å². The van der Waals surface area contributed by atoms with E-state index in [0.717, 1.165) is 6.42 Å². The van der Waals surface area contributed by atoms with Crippen molar-refractivity contribution in [3.8, 4) is 0 Å². The van der Waals surface area contributed by atoms with E-state index in [1.54, 1.807) is 0 Å².